The van der Waals surface area contributed by atoms with E-state index in [-0.39, 0.29) is 0 Å². The SMILES string of the molecule is CCCCOCCNC/C(C)=C/c1ccccc1. The molecule has 0 aromatic heterocycles. The number of unbranched alkanes of at least 4 members (excludes halogenated alkanes) is 1. The van der Waals surface area contributed by atoms with Crippen molar-refractivity contribution in [3.05, 3.63) is 41.5 Å². The average Bonchev–Trinajstić information content (AvgIpc) is 2.39. The number of ether oxygens (including phenoxy) is 1. The molecule has 1 aromatic carbocycles. The highest BCUT2D eigenvalue weighted by atomic mass is 16.5. The summed E-state index contributed by atoms with van der Waals surface area (Å²) in [5, 5.41) is 3.39. The molecule has 0 atom stereocenters. The number of hydrogen-bond donors (Lipinski definition) is 1. The lowest BCUT2D eigenvalue weighted by atomic mass is 10.1. The van der Waals surface area contributed by atoms with E-state index in [1.165, 1.54) is 17.6 Å². The number of rotatable bonds is 9. The summed E-state index contributed by atoms with van der Waals surface area (Å²) in [6.45, 7) is 7.86. The van der Waals surface area contributed by atoms with Gasteiger partial charge < -0.3 is 10.1 Å². The van der Waals surface area contributed by atoms with Gasteiger partial charge in [-0.3, -0.25) is 0 Å². The van der Waals surface area contributed by atoms with E-state index in [4.69, 9.17) is 4.74 Å². The third kappa shape index (κ3) is 7.25. The Balaban J connectivity index is 2.10. The molecule has 2 heteroatoms. The predicted octanol–water partition coefficient (Wildman–Crippen LogP) is 3.50. The topological polar surface area (TPSA) is 21.3 Å². The van der Waals surface area contributed by atoms with Gasteiger partial charge in [0.25, 0.3) is 0 Å². The number of benzene rings is 1. The van der Waals surface area contributed by atoms with Crippen molar-refractivity contribution < 1.29 is 4.74 Å². The molecule has 0 aliphatic rings. The van der Waals surface area contributed by atoms with E-state index in [1.54, 1.807) is 0 Å². The van der Waals surface area contributed by atoms with Gasteiger partial charge in [-0.25, -0.2) is 0 Å². The van der Waals surface area contributed by atoms with Crippen LogP contribution in [0.3, 0.4) is 0 Å². The van der Waals surface area contributed by atoms with Gasteiger partial charge in [0.1, 0.15) is 0 Å². The second-order valence-corrected chi connectivity index (χ2v) is 4.54. The molecule has 0 radical (unpaired) electrons. The summed E-state index contributed by atoms with van der Waals surface area (Å²) < 4.78 is 5.49. The van der Waals surface area contributed by atoms with E-state index in [1.807, 2.05) is 6.07 Å². The molecule has 100 valence electrons. The van der Waals surface area contributed by atoms with Gasteiger partial charge in [-0.2, -0.15) is 0 Å². The Hall–Kier alpha value is -1.12. The van der Waals surface area contributed by atoms with Gasteiger partial charge in [0, 0.05) is 19.7 Å². The van der Waals surface area contributed by atoms with E-state index in [0.29, 0.717) is 0 Å². The Labute approximate surface area is 111 Å². The zero-order chi connectivity index (χ0) is 13.1. The maximum absolute atomic E-state index is 5.49. The van der Waals surface area contributed by atoms with Gasteiger partial charge in [-0.1, -0.05) is 55.3 Å². The van der Waals surface area contributed by atoms with Crippen LogP contribution in [0.4, 0.5) is 0 Å². The summed E-state index contributed by atoms with van der Waals surface area (Å²) >= 11 is 0. The first-order valence-electron chi connectivity index (χ1n) is 6.83. The second-order valence-electron chi connectivity index (χ2n) is 4.54. The Bertz CT molecular complexity index is 332. The van der Waals surface area contributed by atoms with Crippen LogP contribution < -0.4 is 5.32 Å². The highest BCUT2D eigenvalue weighted by molar-refractivity contribution is 5.52. The van der Waals surface area contributed by atoms with Crippen molar-refractivity contribution in [1.29, 1.82) is 0 Å². The minimum absolute atomic E-state index is 0.804. The van der Waals surface area contributed by atoms with E-state index >= 15 is 0 Å². The lowest BCUT2D eigenvalue weighted by Crippen LogP contribution is -2.21. The molecule has 0 unspecified atom stereocenters. The molecule has 0 saturated heterocycles. The maximum atomic E-state index is 5.49. The highest BCUT2D eigenvalue weighted by Crippen LogP contribution is 2.04. The van der Waals surface area contributed by atoms with Crippen molar-refractivity contribution in [2.45, 2.75) is 26.7 Å². The van der Waals surface area contributed by atoms with Gasteiger partial charge in [0.15, 0.2) is 0 Å². The zero-order valence-corrected chi connectivity index (χ0v) is 11.6. The Morgan fingerprint density at radius 1 is 1.22 bits per heavy atom. The monoisotopic (exact) mass is 247 g/mol. The maximum Gasteiger partial charge on any atom is 0.0591 e. The minimum atomic E-state index is 0.804. The molecule has 0 fully saturated rings. The number of nitrogens with one attached hydrogen (secondary N) is 1. The van der Waals surface area contributed by atoms with Gasteiger partial charge in [0.2, 0.25) is 0 Å². The van der Waals surface area contributed by atoms with Crippen molar-refractivity contribution >= 4 is 6.08 Å². The molecule has 0 aliphatic carbocycles. The Kier molecular flexibility index (Phi) is 8.19. The van der Waals surface area contributed by atoms with Crippen LogP contribution in [0.2, 0.25) is 0 Å². The first-order chi connectivity index (χ1) is 8.83. The average molecular weight is 247 g/mol. The third-order valence-electron chi connectivity index (χ3n) is 2.68. The first-order valence-corrected chi connectivity index (χ1v) is 6.83. The van der Waals surface area contributed by atoms with E-state index in [2.05, 4.69) is 49.5 Å². The normalized spacial score (nSPS) is 11.8. The summed E-state index contributed by atoms with van der Waals surface area (Å²) in [4.78, 5) is 0. The van der Waals surface area contributed by atoms with E-state index in [9.17, 15) is 0 Å². The fourth-order valence-corrected chi connectivity index (χ4v) is 1.66. The first kappa shape index (κ1) is 14.9. The summed E-state index contributed by atoms with van der Waals surface area (Å²) in [5.41, 5.74) is 2.60. The van der Waals surface area contributed by atoms with Crippen LogP contribution in [0, 0.1) is 0 Å². The van der Waals surface area contributed by atoms with Gasteiger partial charge in [-0.05, 0) is 18.9 Å². The Morgan fingerprint density at radius 3 is 2.72 bits per heavy atom. The van der Waals surface area contributed by atoms with Gasteiger partial charge in [-0.15, -0.1) is 0 Å². The number of hydrogen-bond acceptors (Lipinski definition) is 2. The van der Waals surface area contributed by atoms with Crippen molar-refractivity contribution in [2.24, 2.45) is 0 Å². The molecular weight excluding hydrogens is 222 g/mol. The molecule has 1 N–H and O–H groups in total. The Morgan fingerprint density at radius 2 is 2.00 bits per heavy atom. The standard InChI is InChI=1S/C16H25NO/c1-3-4-11-18-12-10-17-14-15(2)13-16-8-6-5-7-9-16/h5-9,13,17H,3-4,10-12,14H2,1-2H3/b15-13+. The molecular formula is C16H25NO. The summed E-state index contributed by atoms with van der Waals surface area (Å²) in [7, 11) is 0. The molecule has 0 spiro atoms. The van der Waals surface area contributed by atoms with Crippen molar-refractivity contribution in [2.75, 3.05) is 26.3 Å². The van der Waals surface area contributed by atoms with Crippen LogP contribution in [-0.4, -0.2) is 26.3 Å². The van der Waals surface area contributed by atoms with Crippen molar-refractivity contribution in [3.63, 3.8) is 0 Å². The predicted molar refractivity (Wildman–Crippen MR) is 78.7 cm³/mol. The van der Waals surface area contributed by atoms with Crippen LogP contribution in [0.1, 0.15) is 32.3 Å². The molecule has 0 amide bonds. The fraction of sp³-hybridized carbons (Fsp3) is 0.500. The summed E-state index contributed by atoms with van der Waals surface area (Å²) in [5.74, 6) is 0. The van der Waals surface area contributed by atoms with Crippen LogP contribution in [0.25, 0.3) is 6.08 Å². The summed E-state index contributed by atoms with van der Waals surface area (Å²) in [6.07, 6.45) is 4.57. The van der Waals surface area contributed by atoms with Crippen LogP contribution in [0.15, 0.2) is 35.9 Å². The largest absolute Gasteiger partial charge is 0.380 e. The smallest absolute Gasteiger partial charge is 0.0591 e. The van der Waals surface area contributed by atoms with Crippen LogP contribution >= 0.6 is 0 Å². The van der Waals surface area contributed by atoms with Crippen molar-refractivity contribution in [3.8, 4) is 0 Å². The van der Waals surface area contributed by atoms with Gasteiger partial charge in [0.05, 0.1) is 6.61 Å². The molecule has 2 nitrogen and oxygen atoms in total. The molecule has 0 aliphatic heterocycles. The third-order valence-corrected chi connectivity index (χ3v) is 2.68. The second kappa shape index (κ2) is 9.86. The lowest BCUT2D eigenvalue weighted by Gasteiger charge is -2.06. The molecule has 0 heterocycles. The molecule has 1 rings (SSSR count). The molecule has 1 aromatic rings. The van der Waals surface area contributed by atoms with E-state index in [0.717, 1.165) is 32.7 Å². The zero-order valence-electron chi connectivity index (χ0n) is 11.6. The van der Waals surface area contributed by atoms with Gasteiger partial charge >= 0.3 is 0 Å². The van der Waals surface area contributed by atoms with E-state index < -0.39 is 0 Å². The molecule has 0 saturated carbocycles. The highest BCUT2D eigenvalue weighted by Gasteiger charge is 1.92. The van der Waals surface area contributed by atoms with Crippen LogP contribution in [0.5, 0.6) is 0 Å². The van der Waals surface area contributed by atoms with Crippen LogP contribution in [-0.2, 0) is 4.74 Å². The molecule has 0 bridgehead atoms. The van der Waals surface area contributed by atoms with Crippen molar-refractivity contribution in [1.82, 2.24) is 5.32 Å². The summed E-state index contributed by atoms with van der Waals surface area (Å²) in [6, 6.07) is 10.4. The molecule has 18 heavy (non-hydrogen) atoms. The fourth-order valence-electron chi connectivity index (χ4n) is 1.66. The lowest BCUT2D eigenvalue weighted by molar-refractivity contribution is 0.133. The minimum Gasteiger partial charge on any atom is -0.380 e. The quantitative estimate of drug-likeness (QED) is 0.674.